The zero-order valence-electron chi connectivity index (χ0n) is 16.7. The van der Waals surface area contributed by atoms with Crippen LogP contribution in [0.25, 0.3) is 21.9 Å². The van der Waals surface area contributed by atoms with E-state index >= 15 is 0 Å². The number of hydrogen-bond acceptors (Lipinski definition) is 6. The molecule has 0 unspecified atom stereocenters. The van der Waals surface area contributed by atoms with Crippen molar-refractivity contribution in [2.45, 2.75) is 0 Å². The van der Waals surface area contributed by atoms with Crippen LogP contribution in [0.15, 0.2) is 52.9 Å². The molecule has 1 amide bonds. The Balaban J connectivity index is 1.35. The molecule has 0 atom stereocenters. The van der Waals surface area contributed by atoms with Gasteiger partial charge in [-0.15, -0.1) is 0 Å². The predicted octanol–water partition coefficient (Wildman–Crippen LogP) is 5.07. The van der Waals surface area contributed by atoms with Crippen molar-refractivity contribution < 1.29 is 23.4 Å². The van der Waals surface area contributed by atoms with Crippen molar-refractivity contribution in [3.8, 4) is 17.2 Å². The maximum Gasteiger partial charge on any atom is 0.243 e. The molecular weight excluding hydrogens is 420 g/mol. The number of methoxy groups -OCH3 is 1. The number of fused-ring (bicyclic) bond motifs is 4. The second-order valence-electron chi connectivity index (χ2n) is 7.02. The molecule has 7 nitrogen and oxygen atoms in total. The Morgan fingerprint density at radius 2 is 1.77 bits per heavy atom. The van der Waals surface area contributed by atoms with E-state index in [-0.39, 0.29) is 12.5 Å². The molecule has 0 aliphatic carbocycles. The van der Waals surface area contributed by atoms with Crippen LogP contribution in [-0.2, 0) is 4.79 Å². The number of carbonyl (C=O) groups excluding carboxylic acids is 1. The summed E-state index contributed by atoms with van der Waals surface area (Å²) in [4.78, 5) is 12.6. The molecule has 0 radical (unpaired) electrons. The first kappa shape index (κ1) is 19.4. The first-order valence-electron chi connectivity index (χ1n) is 9.74. The fourth-order valence-electron chi connectivity index (χ4n) is 3.59. The molecule has 1 aliphatic heterocycles. The van der Waals surface area contributed by atoms with E-state index in [1.165, 1.54) is 0 Å². The molecule has 2 heterocycles. The summed E-state index contributed by atoms with van der Waals surface area (Å²) >= 11 is 6.29. The van der Waals surface area contributed by atoms with Crippen LogP contribution in [-0.4, -0.2) is 32.8 Å². The number of para-hydroxylation sites is 1. The van der Waals surface area contributed by atoms with Crippen molar-refractivity contribution in [2.24, 2.45) is 0 Å². The third-order valence-electron chi connectivity index (χ3n) is 5.04. The molecule has 3 aromatic carbocycles. The number of anilines is 2. The summed E-state index contributed by atoms with van der Waals surface area (Å²) in [7, 11) is 1.56. The van der Waals surface area contributed by atoms with E-state index in [1.807, 2.05) is 30.3 Å². The molecule has 5 rings (SSSR count). The molecule has 1 aromatic heterocycles. The average molecular weight is 439 g/mol. The smallest absolute Gasteiger partial charge is 0.243 e. The molecule has 0 bridgehead atoms. The Bertz CT molecular complexity index is 1300. The summed E-state index contributed by atoms with van der Waals surface area (Å²) in [6, 6.07) is 14.8. The first-order chi connectivity index (χ1) is 15.1. The van der Waals surface area contributed by atoms with Crippen molar-refractivity contribution in [3.63, 3.8) is 0 Å². The van der Waals surface area contributed by atoms with Gasteiger partial charge in [0, 0.05) is 29.0 Å². The third kappa shape index (κ3) is 3.68. The molecule has 8 heteroatoms. The molecule has 0 spiro atoms. The summed E-state index contributed by atoms with van der Waals surface area (Å²) < 4.78 is 22.5. The minimum Gasteiger partial charge on any atom is -0.495 e. The van der Waals surface area contributed by atoms with Crippen LogP contribution in [0.5, 0.6) is 17.2 Å². The van der Waals surface area contributed by atoms with Crippen LogP contribution in [0.1, 0.15) is 0 Å². The van der Waals surface area contributed by atoms with E-state index in [4.69, 9.17) is 30.2 Å². The molecule has 0 fully saturated rings. The Morgan fingerprint density at radius 1 is 1.00 bits per heavy atom. The lowest BCUT2D eigenvalue weighted by atomic mass is 10.1. The van der Waals surface area contributed by atoms with Gasteiger partial charge >= 0.3 is 0 Å². The van der Waals surface area contributed by atoms with Gasteiger partial charge < -0.3 is 29.3 Å². The molecule has 2 N–H and O–H groups in total. The summed E-state index contributed by atoms with van der Waals surface area (Å²) in [6.07, 6.45) is 0. The van der Waals surface area contributed by atoms with Gasteiger partial charge in [0.1, 0.15) is 30.1 Å². The van der Waals surface area contributed by atoms with Crippen LogP contribution in [0.2, 0.25) is 5.02 Å². The Morgan fingerprint density at radius 3 is 2.58 bits per heavy atom. The van der Waals surface area contributed by atoms with Crippen LogP contribution in [0, 0.1) is 0 Å². The second-order valence-corrected chi connectivity index (χ2v) is 7.43. The van der Waals surface area contributed by atoms with Gasteiger partial charge in [-0.25, -0.2) is 0 Å². The molecule has 1 aliphatic rings. The zero-order chi connectivity index (χ0) is 21.4. The monoisotopic (exact) mass is 438 g/mol. The topological polar surface area (TPSA) is 82.0 Å². The van der Waals surface area contributed by atoms with E-state index in [0.717, 1.165) is 16.4 Å². The zero-order valence-corrected chi connectivity index (χ0v) is 17.4. The summed E-state index contributed by atoms with van der Waals surface area (Å²) in [5.74, 6) is 1.47. The maximum atomic E-state index is 12.6. The summed E-state index contributed by atoms with van der Waals surface area (Å²) in [5, 5.41) is 8.26. The second kappa shape index (κ2) is 7.92. The minimum absolute atomic E-state index is 0.000680. The van der Waals surface area contributed by atoms with Crippen molar-refractivity contribution in [2.75, 3.05) is 37.5 Å². The highest BCUT2D eigenvalue weighted by atomic mass is 35.5. The molecule has 0 saturated heterocycles. The van der Waals surface area contributed by atoms with Crippen LogP contribution in [0.3, 0.4) is 0 Å². The highest BCUT2D eigenvalue weighted by molar-refractivity contribution is 6.33. The van der Waals surface area contributed by atoms with Gasteiger partial charge in [-0.3, -0.25) is 4.79 Å². The quantitative estimate of drug-likeness (QED) is 0.452. The Kier molecular flexibility index (Phi) is 4.95. The number of benzene rings is 3. The molecule has 4 aromatic rings. The summed E-state index contributed by atoms with van der Waals surface area (Å²) in [6.45, 7) is 0.954. The van der Waals surface area contributed by atoms with Gasteiger partial charge in [0.05, 0.1) is 30.1 Å². The lowest BCUT2D eigenvalue weighted by Crippen LogP contribution is -2.22. The minimum atomic E-state index is -0.264. The van der Waals surface area contributed by atoms with E-state index in [9.17, 15) is 4.79 Å². The standard InChI is InChI=1S/C23H19ClN2O5/c1-28-20-8-14-13-4-2-3-5-18(13)31-19(14)11-17(20)26-23(27)12-25-16-10-22-21(9-15(16)24)29-6-7-30-22/h2-5,8-11,25H,6-7,12H2,1H3,(H,26,27). The summed E-state index contributed by atoms with van der Waals surface area (Å²) in [5.41, 5.74) is 2.55. The van der Waals surface area contributed by atoms with Crippen LogP contribution < -0.4 is 24.8 Å². The van der Waals surface area contributed by atoms with Gasteiger partial charge in [-0.05, 0) is 12.1 Å². The van der Waals surface area contributed by atoms with Gasteiger partial charge in [0.25, 0.3) is 0 Å². The molecule has 31 heavy (non-hydrogen) atoms. The first-order valence-corrected chi connectivity index (χ1v) is 10.1. The average Bonchev–Trinajstić information content (AvgIpc) is 3.14. The lowest BCUT2D eigenvalue weighted by molar-refractivity contribution is -0.114. The Hall–Kier alpha value is -3.58. The van der Waals surface area contributed by atoms with E-state index in [2.05, 4.69) is 10.6 Å². The number of furan rings is 1. The van der Waals surface area contributed by atoms with Gasteiger partial charge in [-0.2, -0.15) is 0 Å². The number of ether oxygens (including phenoxy) is 3. The van der Waals surface area contributed by atoms with Crippen molar-refractivity contribution in [1.82, 2.24) is 0 Å². The fourth-order valence-corrected chi connectivity index (χ4v) is 3.81. The van der Waals surface area contributed by atoms with Gasteiger partial charge in [-0.1, -0.05) is 29.8 Å². The molecular formula is C23H19ClN2O5. The highest BCUT2D eigenvalue weighted by Gasteiger charge is 2.17. The number of amides is 1. The molecule has 158 valence electrons. The predicted molar refractivity (Wildman–Crippen MR) is 120 cm³/mol. The van der Waals surface area contributed by atoms with Crippen LogP contribution >= 0.6 is 11.6 Å². The number of nitrogens with one attached hydrogen (secondary N) is 2. The van der Waals surface area contributed by atoms with E-state index in [1.54, 1.807) is 25.3 Å². The largest absolute Gasteiger partial charge is 0.495 e. The number of rotatable bonds is 5. The number of halogens is 1. The Labute approximate surface area is 182 Å². The third-order valence-corrected chi connectivity index (χ3v) is 5.36. The lowest BCUT2D eigenvalue weighted by Gasteiger charge is -2.20. The van der Waals surface area contributed by atoms with Gasteiger partial charge in [0.15, 0.2) is 11.5 Å². The maximum absolute atomic E-state index is 12.6. The number of carbonyl (C=O) groups is 1. The highest BCUT2D eigenvalue weighted by Crippen LogP contribution is 2.38. The van der Waals surface area contributed by atoms with E-state index < -0.39 is 0 Å². The van der Waals surface area contributed by atoms with Gasteiger partial charge in [0.2, 0.25) is 5.91 Å². The van der Waals surface area contributed by atoms with E-state index in [0.29, 0.717) is 52.4 Å². The fraction of sp³-hybridized carbons (Fsp3) is 0.174. The van der Waals surface area contributed by atoms with Crippen molar-refractivity contribution >= 4 is 50.8 Å². The van der Waals surface area contributed by atoms with Crippen molar-refractivity contribution in [3.05, 3.63) is 53.6 Å². The number of hydrogen-bond donors (Lipinski definition) is 2. The SMILES string of the molecule is COc1cc2c(cc1NC(=O)CNc1cc3c(cc1Cl)OCCO3)oc1ccccc12. The van der Waals surface area contributed by atoms with Crippen LogP contribution in [0.4, 0.5) is 11.4 Å². The normalized spacial score (nSPS) is 12.7. The molecule has 0 saturated carbocycles. The van der Waals surface area contributed by atoms with Crippen molar-refractivity contribution in [1.29, 1.82) is 0 Å².